The van der Waals surface area contributed by atoms with Gasteiger partial charge in [0.15, 0.2) is 0 Å². The highest BCUT2D eigenvalue weighted by molar-refractivity contribution is 6.34. The quantitative estimate of drug-likeness (QED) is 0.234. The number of nitrogens with one attached hydrogen (secondary N) is 1. The van der Waals surface area contributed by atoms with Crippen LogP contribution < -0.4 is 5.32 Å². The van der Waals surface area contributed by atoms with Crippen molar-refractivity contribution in [2.45, 2.75) is 13.2 Å². The summed E-state index contributed by atoms with van der Waals surface area (Å²) in [6, 6.07) is 38.1. The first kappa shape index (κ1) is 23.1. The average molecular weight is 505 g/mol. The van der Waals surface area contributed by atoms with E-state index in [-0.39, 0.29) is 6.29 Å². The Morgan fingerprint density at radius 2 is 1.36 bits per heavy atom. The van der Waals surface area contributed by atoms with E-state index < -0.39 is 0 Å². The van der Waals surface area contributed by atoms with Gasteiger partial charge in [0, 0.05) is 40.0 Å². The van der Waals surface area contributed by atoms with E-state index >= 15 is 0 Å². The lowest BCUT2D eigenvalue weighted by Gasteiger charge is -2.27. The van der Waals surface area contributed by atoms with Gasteiger partial charge in [0.1, 0.15) is 0 Å². The van der Waals surface area contributed by atoms with Gasteiger partial charge in [-0.3, -0.25) is 0 Å². The van der Waals surface area contributed by atoms with E-state index in [1.54, 1.807) is 0 Å². The van der Waals surface area contributed by atoms with E-state index in [2.05, 4.69) is 148 Å². The van der Waals surface area contributed by atoms with Crippen LogP contribution in [0.15, 0.2) is 145 Å². The largest absolute Gasteiger partial charge is 0.345 e. The van der Waals surface area contributed by atoms with E-state index in [1.165, 1.54) is 10.8 Å². The zero-order valence-corrected chi connectivity index (χ0v) is 21.7. The Morgan fingerprint density at radius 3 is 2.03 bits per heavy atom. The fourth-order valence-electron chi connectivity index (χ4n) is 5.55. The van der Waals surface area contributed by atoms with Gasteiger partial charge in [0.2, 0.25) is 6.29 Å². The Balaban J connectivity index is 1.48. The Kier molecular flexibility index (Phi) is 5.71. The van der Waals surface area contributed by atoms with Crippen LogP contribution in [0.25, 0.3) is 33.1 Å². The molecule has 0 saturated heterocycles. The minimum atomic E-state index is -0.318. The van der Waals surface area contributed by atoms with Gasteiger partial charge in [-0.25, -0.2) is 4.99 Å². The molecule has 39 heavy (non-hydrogen) atoms. The van der Waals surface area contributed by atoms with E-state index in [4.69, 9.17) is 4.99 Å². The molecule has 4 aromatic carbocycles. The molecular weight excluding hydrogens is 476 g/mol. The van der Waals surface area contributed by atoms with Gasteiger partial charge < -0.3 is 14.5 Å². The summed E-state index contributed by atoms with van der Waals surface area (Å²) in [5.74, 6) is 0. The molecule has 188 valence electrons. The van der Waals surface area contributed by atoms with Crippen LogP contribution in [0, 0.1) is 0 Å². The number of rotatable bonds is 5. The molecule has 0 fully saturated rings. The van der Waals surface area contributed by atoms with Gasteiger partial charge in [-0.15, -0.1) is 0 Å². The van der Waals surface area contributed by atoms with E-state index in [0.717, 1.165) is 44.8 Å². The summed E-state index contributed by atoms with van der Waals surface area (Å²) in [6.45, 7) is 2.04. The maximum Gasteiger partial charge on any atom is 0.201 e. The highest BCUT2D eigenvalue weighted by atomic mass is 15.3. The number of allylic oxidation sites excluding steroid dienone is 4. The second-order valence-electron chi connectivity index (χ2n) is 9.70. The summed E-state index contributed by atoms with van der Waals surface area (Å²) in [5.41, 5.74) is 8.75. The zero-order valence-electron chi connectivity index (χ0n) is 21.7. The third kappa shape index (κ3) is 3.98. The second-order valence-corrected chi connectivity index (χ2v) is 9.70. The fraction of sp³-hybridized carbons (Fsp3) is 0.0571. The van der Waals surface area contributed by atoms with Crippen LogP contribution in [0.4, 0.5) is 5.69 Å². The fourth-order valence-corrected chi connectivity index (χ4v) is 5.55. The lowest BCUT2D eigenvalue weighted by Crippen LogP contribution is -2.24. The molecule has 0 amide bonds. The SMILES string of the molecule is C/C=C\C=C(\C1=NC(n2c3ccccc3c3ccccc32)Nc2cn(-c3ccccc3)cc21)c1ccccc1. The van der Waals surface area contributed by atoms with Crippen molar-refractivity contribution in [2.24, 2.45) is 4.99 Å². The molecule has 4 heteroatoms. The predicted octanol–water partition coefficient (Wildman–Crippen LogP) is 8.62. The summed E-state index contributed by atoms with van der Waals surface area (Å²) < 4.78 is 4.51. The van der Waals surface area contributed by atoms with Crippen LogP contribution in [0.5, 0.6) is 0 Å². The number of hydrogen-bond acceptors (Lipinski definition) is 2. The minimum Gasteiger partial charge on any atom is -0.345 e. The normalized spacial score (nSPS) is 15.5. The van der Waals surface area contributed by atoms with Crippen LogP contribution in [-0.4, -0.2) is 14.8 Å². The minimum absolute atomic E-state index is 0.318. The average Bonchev–Trinajstić information content (AvgIpc) is 3.58. The molecule has 1 aliphatic heterocycles. The molecule has 2 aromatic heterocycles. The third-order valence-electron chi connectivity index (χ3n) is 7.33. The number of para-hydroxylation sites is 3. The Morgan fingerprint density at radius 1 is 0.744 bits per heavy atom. The van der Waals surface area contributed by atoms with Crippen molar-refractivity contribution in [1.29, 1.82) is 0 Å². The van der Waals surface area contributed by atoms with Crippen LogP contribution in [0.3, 0.4) is 0 Å². The highest BCUT2D eigenvalue weighted by Gasteiger charge is 2.28. The molecular formula is C35H28N4. The highest BCUT2D eigenvalue weighted by Crippen LogP contribution is 2.38. The Bertz CT molecular complexity index is 1830. The molecule has 3 heterocycles. The Labute approximate surface area is 227 Å². The first-order chi connectivity index (χ1) is 19.3. The van der Waals surface area contributed by atoms with Gasteiger partial charge in [-0.2, -0.15) is 0 Å². The smallest absolute Gasteiger partial charge is 0.201 e. The summed E-state index contributed by atoms with van der Waals surface area (Å²) in [5, 5.41) is 6.23. The van der Waals surface area contributed by atoms with Gasteiger partial charge in [-0.1, -0.05) is 103 Å². The summed E-state index contributed by atoms with van der Waals surface area (Å²) in [4.78, 5) is 5.46. The molecule has 6 aromatic rings. The van der Waals surface area contributed by atoms with Gasteiger partial charge in [0.25, 0.3) is 0 Å². The van der Waals surface area contributed by atoms with Gasteiger partial charge >= 0.3 is 0 Å². The van der Waals surface area contributed by atoms with E-state index in [1.807, 2.05) is 13.0 Å². The molecule has 0 spiro atoms. The maximum atomic E-state index is 5.46. The number of fused-ring (bicyclic) bond motifs is 4. The topological polar surface area (TPSA) is 34.2 Å². The molecule has 0 aliphatic carbocycles. The number of aromatic nitrogens is 2. The summed E-state index contributed by atoms with van der Waals surface area (Å²) in [6.07, 6.45) is 10.4. The monoisotopic (exact) mass is 504 g/mol. The third-order valence-corrected chi connectivity index (χ3v) is 7.33. The van der Waals surface area contributed by atoms with Crippen LogP contribution in [0.1, 0.15) is 24.3 Å². The molecule has 1 unspecified atom stereocenters. The van der Waals surface area contributed by atoms with Gasteiger partial charge in [-0.05, 0) is 36.8 Å². The van der Waals surface area contributed by atoms with Crippen molar-refractivity contribution >= 4 is 38.8 Å². The van der Waals surface area contributed by atoms with Crippen molar-refractivity contribution in [3.63, 3.8) is 0 Å². The van der Waals surface area contributed by atoms with Crippen molar-refractivity contribution in [2.75, 3.05) is 5.32 Å². The lowest BCUT2D eigenvalue weighted by atomic mass is 9.95. The van der Waals surface area contributed by atoms with E-state index in [9.17, 15) is 0 Å². The molecule has 0 bridgehead atoms. The number of hydrogen-bond donors (Lipinski definition) is 1. The molecule has 1 aliphatic rings. The first-order valence-corrected chi connectivity index (χ1v) is 13.3. The van der Waals surface area contributed by atoms with Crippen molar-refractivity contribution in [3.05, 3.63) is 151 Å². The predicted molar refractivity (Wildman–Crippen MR) is 164 cm³/mol. The number of aliphatic imine (C=N–C) groups is 1. The second kappa shape index (κ2) is 9.66. The standard InChI is InChI=1S/C35H28N4/c1-2-3-18-27(25-14-6-4-7-15-25)34-30-23-38(26-16-8-5-9-17-26)24-31(30)36-35(37-34)39-32-21-12-10-19-28(32)29-20-11-13-22-33(29)39/h2-24,35-36H,1H3/b3-2-,27-18+. The Hall–Kier alpha value is -5.09. The van der Waals surface area contributed by atoms with Crippen molar-refractivity contribution < 1.29 is 0 Å². The van der Waals surface area contributed by atoms with Crippen LogP contribution in [-0.2, 0) is 0 Å². The van der Waals surface area contributed by atoms with Crippen LogP contribution in [0.2, 0.25) is 0 Å². The molecule has 7 rings (SSSR count). The summed E-state index contributed by atoms with van der Waals surface area (Å²) >= 11 is 0. The van der Waals surface area contributed by atoms with Crippen molar-refractivity contribution in [3.8, 4) is 5.69 Å². The van der Waals surface area contributed by atoms with E-state index in [0.29, 0.717) is 0 Å². The number of anilines is 1. The lowest BCUT2D eigenvalue weighted by molar-refractivity contribution is 0.626. The molecule has 0 radical (unpaired) electrons. The van der Waals surface area contributed by atoms with Crippen LogP contribution >= 0.6 is 0 Å². The zero-order chi connectivity index (χ0) is 26.2. The van der Waals surface area contributed by atoms with Gasteiger partial charge in [0.05, 0.1) is 22.4 Å². The van der Waals surface area contributed by atoms with Crippen molar-refractivity contribution in [1.82, 2.24) is 9.13 Å². The molecule has 0 saturated carbocycles. The molecule has 4 nitrogen and oxygen atoms in total. The number of nitrogens with zero attached hydrogens (tertiary/aromatic N) is 3. The number of benzene rings is 4. The summed E-state index contributed by atoms with van der Waals surface area (Å²) in [7, 11) is 0. The first-order valence-electron chi connectivity index (χ1n) is 13.3. The maximum absolute atomic E-state index is 5.46. The molecule has 1 atom stereocenters. The molecule has 1 N–H and O–H groups in total.